The van der Waals surface area contributed by atoms with E-state index in [9.17, 15) is 14.7 Å². The SMILES string of the molecule is CC(=O)c1ccc(NC(=O)NCC(O)c2ccccc2Cl)cc1C. The molecule has 0 saturated carbocycles. The van der Waals surface area contributed by atoms with E-state index in [1.54, 1.807) is 49.4 Å². The first-order valence-electron chi connectivity index (χ1n) is 7.47. The lowest BCUT2D eigenvalue weighted by Gasteiger charge is -2.14. The first kappa shape index (κ1) is 18.0. The zero-order valence-corrected chi connectivity index (χ0v) is 14.2. The molecule has 2 aromatic rings. The summed E-state index contributed by atoms with van der Waals surface area (Å²) in [5.74, 6) is -0.0219. The Bertz CT molecular complexity index is 762. The average Bonchev–Trinajstić information content (AvgIpc) is 2.52. The molecule has 6 heteroatoms. The summed E-state index contributed by atoms with van der Waals surface area (Å²) in [5, 5.41) is 15.8. The highest BCUT2D eigenvalue weighted by atomic mass is 35.5. The molecular formula is C18H19ClN2O3. The number of aryl methyl sites for hydroxylation is 1. The van der Waals surface area contributed by atoms with Crippen LogP contribution in [0.3, 0.4) is 0 Å². The molecule has 0 radical (unpaired) electrons. The van der Waals surface area contributed by atoms with Gasteiger partial charge >= 0.3 is 6.03 Å². The van der Waals surface area contributed by atoms with Crippen LogP contribution in [0.15, 0.2) is 42.5 Å². The topological polar surface area (TPSA) is 78.4 Å². The summed E-state index contributed by atoms with van der Waals surface area (Å²) < 4.78 is 0. The van der Waals surface area contributed by atoms with Gasteiger partial charge in [0.2, 0.25) is 0 Å². The van der Waals surface area contributed by atoms with Crippen molar-refractivity contribution in [3.05, 3.63) is 64.2 Å². The molecule has 126 valence electrons. The molecule has 1 atom stereocenters. The molecule has 0 aliphatic rings. The molecule has 2 rings (SSSR count). The van der Waals surface area contributed by atoms with Crippen LogP contribution in [0.5, 0.6) is 0 Å². The van der Waals surface area contributed by atoms with Crippen LogP contribution in [0.4, 0.5) is 10.5 Å². The van der Waals surface area contributed by atoms with Gasteiger partial charge in [-0.1, -0.05) is 29.8 Å². The predicted molar refractivity (Wildman–Crippen MR) is 94.6 cm³/mol. The maximum atomic E-state index is 11.9. The number of rotatable bonds is 5. The van der Waals surface area contributed by atoms with Crippen LogP contribution in [0, 0.1) is 6.92 Å². The van der Waals surface area contributed by atoms with Gasteiger partial charge in [-0.25, -0.2) is 4.79 Å². The highest BCUT2D eigenvalue weighted by Gasteiger charge is 2.13. The van der Waals surface area contributed by atoms with Crippen molar-refractivity contribution >= 4 is 29.1 Å². The average molecular weight is 347 g/mol. The molecule has 0 saturated heterocycles. The maximum Gasteiger partial charge on any atom is 0.319 e. The number of ketones is 1. The van der Waals surface area contributed by atoms with Gasteiger partial charge in [-0.3, -0.25) is 4.79 Å². The number of halogens is 1. The Morgan fingerprint density at radius 3 is 2.54 bits per heavy atom. The van der Waals surface area contributed by atoms with E-state index in [0.29, 0.717) is 21.8 Å². The van der Waals surface area contributed by atoms with Gasteiger partial charge in [-0.05, 0) is 43.7 Å². The molecule has 0 aliphatic carbocycles. The predicted octanol–water partition coefficient (Wildman–Crippen LogP) is 3.71. The summed E-state index contributed by atoms with van der Waals surface area (Å²) in [4.78, 5) is 23.3. The minimum absolute atomic E-state index is 0.0219. The van der Waals surface area contributed by atoms with Crippen LogP contribution in [0.1, 0.15) is 34.5 Å². The third-order valence-corrected chi connectivity index (χ3v) is 3.93. The number of urea groups is 1. The summed E-state index contributed by atoms with van der Waals surface area (Å²) in [6.07, 6.45) is -0.897. The third kappa shape index (κ3) is 4.57. The van der Waals surface area contributed by atoms with E-state index >= 15 is 0 Å². The van der Waals surface area contributed by atoms with E-state index in [2.05, 4.69) is 10.6 Å². The molecule has 24 heavy (non-hydrogen) atoms. The van der Waals surface area contributed by atoms with E-state index in [1.807, 2.05) is 0 Å². The van der Waals surface area contributed by atoms with Gasteiger partial charge in [-0.2, -0.15) is 0 Å². The zero-order valence-electron chi connectivity index (χ0n) is 13.5. The maximum absolute atomic E-state index is 11.9. The molecular weight excluding hydrogens is 328 g/mol. The van der Waals surface area contributed by atoms with Crippen LogP contribution in [-0.4, -0.2) is 23.5 Å². The second-order valence-corrected chi connectivity index (χ2v) is 5.87. The number of nitrogens with one attached hydrogen (secondary N) is 2. The first-order valence-corrected chi connectivity index (χ1v) is 7.85. The fraction of sp³-hybridized carbons (Fsp3) is 0.222. The molecule has 3 N–H and O–H groups in total. The quantitative estimate of drug-likeness (QED) is 0.722. The molecule has 0 spiro atoms. The van der Waals surface area contributed by atoms with Gasteiger partial charge in [0, 0.05) is 28.4 Å². The normalized spacial score (nSPS) is 11.7. The number of hydrogen-bond donors (Lipinski definition) is 3. The fourth-order valence-electron chi connectivity index (χ4n) is 2.36. The molecule has 0 fully saturated rings. The van der Waals surface area contributed by atoms with E-state index in [-0.39, 0.29) is 12.3 Å². The van der Waals surface area contributed by atoms with Gasteiger partial charge < -0.3 is 15.7 Å². The highest BCUT2D eigenvalue weighted by molar-refractivity contribution is 6.31. The summed E-state index contributed by atoms with van der Waals surface area (Å²) in [5.41, 5.74) is 2.54. The summed E-state index contributed by atoms with van der Waals surface area (Å²) in [6, 6.07) is 11.5. The Morgan fingerprint density at radius 1 is 1.21 bits per heavy atom. The van der Waals surface area contributed by atoms with Crippen molar-refractivity contribution in [3.8, 4) is 0 Å². The Labute approximate surface area is 145 Å². The van der Waals surface area contributed by atoms with Gasteiger partial charge in [0.1, 0.15) is 0 Å². The molecule has 1 unspecified atom stereocenters. The van der Waals surface area contributed by atoms with Gasteiger partial charge in [0.25, 0.3) is 0 Å². The smallest absolute Gasteiger partial charge is 0.319 e. The second kappa shape index (κ2) is 7.95. The number of carbonyl (C=O) groups excluding carboxylic acids is 2. The van der Waals surface area contributed by atoms with E-state index < -0.39 is 12.1 Å². The van der Waals surface area contributed by atoms with Gasteiger partial charge in [-0.15, -0.1) is 0 Å². The number of hydrogen-bond acceptors (Lipinski definition) is 3. The number of benzene rings is 2. The fourth-order valence-corrected chi connectivity index (χ4v) is 2.62. The number of anilines is 1. The molecule has 2 aromatic carbocycles. The van der Waals surface area contributed by atoms with E-state index in [1.165, 1.54) is 6.92 Å². The standard InChI is InChI=1S/C18H19ClN2O3/c1-11-9-13(7-8-14(11)12(2)22)21-18(24)20-10-17(23)15-5-3-4-6-16(15)19/h3-9,17,23H,10H2,1-2H3,(H2,20,21,24). The molecule has 5 nitrogen and oxygen atoms in total. The molecule has 2 amide bonds. The lowest BCUT2D eigenvalue weighted by molar-refractivity contribution is 0.101. The number of Topliss-reactive ketones (excluding diaryl/α,β-unsaturated/α-hetero) is 1. The second-order valence-electron chi connectivity index (χ2n) is 5.46. The Morgan fingerprint density at radius 2 is 1.92 bits per heavy atom. The highest BCUT2D eigenvalue weighted by Crippen LogP contribution is 2.22. The van der Waals surface area contributed by atoms with E-state index in [4.69, 9.17) is 11.6 Å². The monoisotopic (exact) mass is 346 g/mol. The van der Waals surface area contributed by atoms with Crippen molar-refractivity contribution in [2.75, 3.05) is 11.9 Å². The number of aliphatic hydroxyl groups excluding tert-OH is 1. The number of carbonyl (C=O) groups is 2. The van der Waals surface area contributed by atoms with Crippen molar-refractivity contribution in [2.24, 2.45) is 0 Å². The number of aliphatic hydroxyl groups is 1. The Hall–Kier alpha value is -2.37. The summed E-state index contributed by atoms with van der Waals surface area (Å²) >= 11 is 6.01. The lowest BCUT2D eigenvalue weighted by Crippen LogP contribution is -2.32. The molecule has 0 aromatic heterocycles. The van der Waals surface area contributed by atoms with Crippen LogP contribution in [0.2, 0.25) is 5.02 Å². The van der Waals surface area contributed by atoms with Crippen LogP contribution in [0.25, 0.3) is 0 Å². The molecule has 0 heterocycles. The largest absolute Gasteiger partial charge is 0.387 e. The molecule has 0 bridgehead atoms. The van der Waals surface area contributed by atoms with Crippen LogP contribution in [-0.2, 0) is 0 Å². The Kier molecular flexibility index (Phi) is 5.95. The van der Waals surface area contributed by atoms with Crippen LogP contribution < -0.4 is 10.6 Å². The molecule has 0 aliphatic heterocycles. The van der Waals surface area contributed by atoms with Gasteiger partial charge in [0.15, 0.2) is 5.78 Å². The first-order chi connectivity index (χ1) is 11.4. The van der Waals surface area contributed by atoms with Gasteiger partial charge in [0.05, 0.1) is 6.10 Å². The third-order valence-electron chi connectivity index (χ3n) is 3.58. The Balaban J connectivity index is 1.93. The van der Waals surface area contributed by atoms with Crippen molar-refractivity contribution in [1.29, 1.82) is 0 Å². The number of amides is 2. The minimum atomic E-state index is -0.897. The van der Waals surface area contributed by atoms with Crippen molar-refractivity contribution in [3.63, 3.8) is 0 Å². The van der Waals surface area contributed by atoms with Crippen molar-refractivity contribution in [2.45, 2.75) is 20.0 Å². The summed E-state index contributed by atoms with van der Waals surface area (Å²) in [7, 11) is 0. The van der Waals surface area contributed by atoms with Crippen molar-refractivity contribution in [1.82, 2.24) is 5.32 Å². The summed E-state index contributed by atoms with van der Waals surface area (Å²) in [6.45, 7) is 3.33. The minimum Gasteiger partial charge on any atom is -0.387 e. The van der Waals surface area contributed by atoms with Crippen molar-refractivity contribution < 1.29 is 14.7 Å². The van der Waals surface area contributed by atoms with Crippen LogP contribution >= 0.6 is 11.6 Å². The zero-order chi connectivity index (χ0) is 17.7. The van der Waals surface area contributed by atoms with E-state index in [0.717, 1.165) is 5.56 Å². The lowest BCUT2D eigenvalue weighted by atomic mass is 10.1.